The van der Waals surface area contributed by atoms with E-state index in [1.54, 1.807) is 29.7 Å². The summed E-state index contributed by atoms with van der Waals surface area (Å²) in [6.07, 6.45) is 0.612. The smallest absolute Gasteiger partial charge is 0.408 e. The molecular weight excluding hydrogens is 382 g/mol. The van der Waals surface area contributed by atoms with Gasteiger partial charge in [0.2, 0.25) is 0 Å². The van der Waals surface area contributed by atoms with Crippen molar-refractivity contribution in [2.24, 2.45) is 7.05 Å². The zero-order valence-electron chi connectivity index (χ0n) is 14.8. The zero-order valence-corrected chi connectivity index (χ0v) is 16.4. The molecule has 0 aliphatic rings. The van der Waals surface area contributed by atoms with Crippen molar-refractivity contribution < 1.29 is 9.25 Å². The second kappa shape index (κ2) is 7.29. The maximum atomic E-state index is 11.7. The first kappa shape index (κ1) is 17.9. The van der Waals surface area contributed by atoms with E-state index in [0.717, 1.165) is 20.8 Å². The van der Waals surface area contributed by atoms with E-state index >= 15 is 0 Å². The highest BCUT2D eigenvalue weighted by atomic mass is 32.1. The lowest BCUT2D eigenvalue weighted by atomic mass is 10.1. The number of hydrogen-bond donors (Lipinski definition) is 1. The van der Waals surface area contributed by atoms with Crippen LogP contribution in [0.5, 0.6) is 0 Å². The van der Waals surface area contributed by atoms with Crippen LogP contribution in [0.3, 0.4) is 0 Å². The van der Waals surface area contributed by atoms with Crippen LogP contribution in [0.25, 0.3) is 30.9 Å². The maximum Gasteiger partial charge on any atom is 0.419 e. The molecule has 3 heterocycles. The number of aryl methyl sites for hydroxylation is 1. The molecular formula is C19H17N3O3S2. The summed E-state index contributed by atoms with van der Waals surface area (Å²) in [5.41, 5.74) is 5.21. The Morgan fingerprint density at radius 2 is 2.11 bits per heavy atom. The van der Waals surface area contributed by atoms with Crippen LogP contribution < -0.4 is 11.2 Å². The Kier molecular flexibility index (Phi) is 4.85. The first-order valence-corrected chi connectivity index (χ1v) is 10.1. The molecule has 1 unspecified atom stereocenters. The fourth-order valence-corrected chi connectivity index (χ4v) is 5.37. The predicted molar refractivity (Wildman–Crippen MR) is 108 cm³/mol. The number of hydroxylamine groups is 1. The normalized spacial score (nSPS) is 12.6. The third-order valence-corrected chi connectivity index (χ3v) is 6.63. The van der Waals surface area contributed by atoms with Gasteiger partial charge < -0.3 is 9.25 Å². The highest BCUT2D eigenvalue weighted by molar-refractivity contribution is 7.29. The van der Waals surface area contributed by atoms with Crippen molar-refractivity contribution in [1.82, 2.24) is 10.0 Å². The molecule has 0 amide bonds. The molecule has 0 fully saturated rings. The molecule has 3 aromatic heterocycles. The predicted octanol–water partition coefficient (Wildman–Crippen LogP) is 4.05. The summed E-state index contributed by atoms with van der Waals surface area (Å²) in [5, 5.41) is 9.23. The van der Waals surface area contributed by atoms with Gasteiger partial charge in [0.25, 0.3) is 0 Å². The molecule has 0 saturated carbocycles. The van der Waals surface area contributed by atoms with Crippen LogP contribution in [0.2, 0.25) is 0 Å². The second-order valence-corrected chi connectivity index (χ2v) is 8.35. The van der Waals surface area contributed by atoms with Gasteiger partial charge in [0.1, 0.15) is 6.04 Å². The fraction of sp³-hybridized carbons (Fsp3) is 0.263. The Hall–Kier alpha value is -2.44. The first-order valence-electron chi connectivity index (χ1n) is 8.48. The Morgan fingerprint density at radius 3 is 2.85 bits per heavy atom. The highest BCUT2D eigenvalue weighted by Crippen LogP contribution is 2.39. The molecule has 0 aliphatic carbocycles. The molecule has 0 saturated heterocycles. The van der Waals surface area contributed by atoms with E-state index in [-0.39, 0.29) is 11.8 Å². The monoisotopic (exact) mass is 399 g/mol. The van der Waals surface area contributed by atoms with Gasteiger partial charge in [0.05, 0.1) is 18.2 Å². The van der Waals surface area contributed by atoms with Crippen molar-refractivity contribution in [2.75, 3.05) is 6.61 Å². The number of nitrogens with one attached hydrogen (secondary N) is 1. The van der Waals surface area contributed by atoms with Crippen LogP contribution in [-0.2, 0) is 18.3 Å². The largest absolute Gasteiger partial charge is 0.419 e. The van der Waals surface area contributed by atoms with E-state index in [1.807, 2.05) is 25.1 Å². The van der Waals surface area contributed by atoms with E-state index in [0.29, 0.717) is 18.6 Å². The molecule has 1 atom stereocenters. The first-order chi connectivity index (χ1) is 13.1. The summed E-state index contributed by atoms with van der Waals surface area (Å²) in [6.45, 7) is 2.40. The third kappa shape index (κ3) is 3.42. The number of hydrogen-bond acceptors (Lipinski definition) is 7. The molecule has 138 valence electrons. The van der Waals surface area contributed by atoms with Crippen molar-refractivity contribution in [3.05, 3.63) is 45.8 Å². The molecule has 4 aromatic rings. The molecule has 6 nitrogen and oxygen atoms in total. The van der Waals surface area contributed by atoms with Gasteiger partial charge in [-0.05, 0) is 42.8 Å². The van der Waals surface area contributed by atoms with E-state index in [9.17, 15) is 10.1 Å². The summed E-state index contributed by atoms with van der Waals surface area (Å²) in [5.74, 6) is -0.355. The lowest BCUT2D eigenvalue weighted by Gasteiger charge is -2.08. The quantitative estimate of drug-likeness (QED) is 0.495. The van der Waals surface area contributed by atoms with Gasteiger partial charge in [-0.3, -0.25) is 4.57 Å². The Balaban J connectivity index is 1.61. The number of aromatic nitrogens is 1. The molecule has 0 radical (unpaired) electrons. The van der Waals surface area contributed by atoms with Crippen molar-refractivity contribution in [2.45, 2.75) is 19.4 Å². The van der Waals surface area contributed by atoms with Gasteiger partial charge >= 0.3 is 5.76 Å². The number of benzene rings is 1. The van der Waals surface area contributed by atoms with Crippen LogP contribution in [0.1, 0.15) is 11.8 Å². The van der Waals surface area contributed by atoms with Crippen LogP contribution in [0.4, 0.5) is 0 Å². The van der Waals surface area contributed by atoms with E-state index in [1.165, 1.54) is 14.0 Å². The minimum atomic E-state index is -0.359. The topological polar surface area (TPSA) is 80.2 Å². The van der Waals surface area contributed by atoms with Crippen molar-refractivity contribution in [3.63, 3.8) is 0 Å². The van der Waals surface area contributed by atoms with E-state index in [2.05, 4.69) is 23.7 Å². The minimum Gasteiger partial charge on any atom is -0.408 e. The van der Waals surface area contributed by atoms with Gasteiger partial charge in [-0.1, -0.05) is 0 Å². The second-order valence-electron chi connectivity index (χ2n) is 6.10. The van der Waals surface area contributed by atoms with Crippen molar-refractivity contribution in [1.29, 1.82) is 5.26 Å². The van der Waals surface area contributed by atoms with Gasteiger partial charge in [-0.25, -0.2) is 4.79 Å². The van der Waals surface area contributed by atoms with Crippen LogP contribution in [-0.4, -0.2) is 17.2 Å². The molecule has 1 N–H and O–H groups in total. The standard InChI is InChI=1S/C19H17N3O3S2/c1-3-24-21-12(10-20)7-13-8-17-18(26-13)9-16(27-17)11-4-5-15-14(6-11)22(2)19(23)25-15/h4-6,8-9,12,21H,3,7H2,1-2H3. The van der Waals surface area contributed by atoms with Crippen LogP contribution >= 0.6 is 22.7 Å². The van der Waals surface area contributed by atoms with Gasteiger partial charge in [0.15, 0.2) is 5.58 Å². The number of rotatable bonds is 6. The molecule has 0 aliphatic heterocycles. The maximum absolute atomic E-state index is 11.7. The molecule has 0 bridgehead atoms. The van der Waals surface area contributed by atoms with Gasteiger partial charge in [-0.2, -0.15) is 10.7 Å². The number of nitriles is 1. The van der Waals surface area contributed by atoms with Crippen LogP contribution in [0, 0.1) is 11.3 Å². The number of fused-ring (bicyclic) bond motifs is 2. The summed E-state index contributed by atoms with van der Waals surface area (Å²) < 4.78 is 9.10. The summed E-state index contributed by atoms with van der Waals surface area (Å²) in [6, 6.07) is 11.9. The Bertz CT molecular complexity index is 1180. The minimum absolute atomic E-state index is 0.355. The lowest BCUT2D eigenvalue weighted by molar-refractivity contribution is 0.0373. The summed E-state index contributed by atoms with van der Waals surface area (Å²) >= 11 is 3.39. The van der Waals surface area contributed by atoms with E-state index < -0.39 is 0 Å². The van der Waals surface area contributed by atoms with Crippen molar-refractivity contribution in [3.8, 4) is 16.5 Å². The molecule has 1 aromatic carbocycles. The lowest BCUT2D eigenvalue weighted by Crippen LogP contribution is -2.29. The average molecular weight is 399 g/mol. The number of thiophene rings is 2. The molecule has 4 rings (SSSR count). The number of nitrogens with zero attached hydrogens (tertiary/aromatic N) is 2. The van der Waals surface area contributed by atoms with Gasteiger partial charge in [-0.15, -0.1) is 22.7 Å². The summed E-state index contributed by atoms with van der Waals surface area (Å²) in [4.78, 5) is 19.1. The Labute approximate surface area is 163 Å². The third-order valence-electron chi connectivity index (χ3n) is 4.27. The average Bonchev–Trinajstić information content (AvgIpc) is 3.30. The fourth-order valence-electron chi connectivity index (χ4n) is 2.91. The van der Waals surface area contributed by atoms with Crippen LogP contribution in [0.15, 0.2) is 39.5 Å². The highest BCUT2D eigenvalue weighted by Gasteiger charge is 2.14. The number of oxazole rings is 1. The van der Waals surface area contributed by atoms with Crippen molar-refractivity contribution >= 4 is 43.2 Å². The summed E-state index contributed by atoms with van der Waals surface area (Å²) in [7, 11) is 1.71. The molecule has 27 heavy (non-hydrogen) atoms. The van der Waals surface area contributed by atoms with Gasteiger partial charge in [0, 0.05) is 32.6 Å². The van der Waals surface area contributed by atoms with E-state index in [4.69, 9.17) is 9.25 Å². The molecule has 8 heteroatoms. The Morgan fingerprint density at radius 1 is 1.30 bits per heavy atom. The zero-order chi connectivity index (χ0) is 19.0. The molecule has 0 spiro atoms. The SMILES string of the molecule is CCONC(C#N)Cc1cc2sc(-c3ccc4oc(=O)n(C)c4c3)cc2s1.